The van der Waals surface area contributed by atoms with Gasteiger partial charge in [0.2, 0.25) is 0 Å². The Labute approximate surface area is 634 Å². The predicted molar refractivity (Wildman–Crippen MR) is 427 cm³/mol. The molecule has 0 aromatic rings. The van der Waals surface area contributed by atoms with Crippen molar-refractivity contribution in [1.29, 1.82) is 0 Å². The summed E-state index contributed by atoms with van der Waals surface area (Å²) in [6.07, 6.45) is 80.0. The van der Waals surface area contributed by atoms with Crippen molar-refractivity contribution in [2.45, 2.75) is 406 Å². The van der Waals surface area contributed by atoms with E-state index in [4.69, 9.17) is 37.0 Å². The number of aliphatic hydroxyl groups is 1. The van der Waals surface area contributed by atoms with Crippen LogP contribution in [0, 0.1) is 0 Å². The lowest BCUT2D eigenvalue weighted by Crippen LogP contribution is -2.30. The summed E-state index contributed by atoms with van der Waals surface area (Å²) in [4.78, 5) is 73.1. The number of ether oxygens (including phenoxy) is 4. The molecule has 0 aliphatic rings. The first-order valence-electron chi connectivity index (χ1n) is 42.2. The van der Waals surface area contributed by atoms with E-state index >= 15 is 0 Å². The number of unbranched alkanes of at least 4 members (excludes halogenated alkanes) is 42. The quantitative estimate of drug-likeness (QED) is 0.0169. The van der Waals surface area contributed by atoms with Crippen LogP contribution in [0.3, 0.4) is 0 Å². The second-order valence-corrected chi connectivity index (χ2v) is 31.3. The van der Waals surface area contributed by atoms with Gasteiger partial charge in [-0.15, -0.1) is 0 Å². The number of hydrogen-bond acceptors (Lipinski definition) is 15. The van der Waals surface area contributed by atoms with Crippen LogP contribution < -0.4 is 0 Å². The maximum Gasteiger partial charge on any atom is 0.472 e. The number of hydrogen-bond donors (Lipinski definition) is 3. The predicted octanol–water partition coefficient (Wildman–Crippen LogP) is 24.8. The van der Waals surface area contributed by atoms with Crippen LogP contribution in [0.25, 0.3) is 0 Å². The van der Waals surface area contributed by atoms with Gasteiger partial charge < -0.3 is 33.8 Å². The topological polar surface area (TPSA) is 237 Å². The Balaban J connectivity index is 5.32. The Kier molecular flexibility index (Phi) is 75.0. The minimum absolute atomic E-state index is 0.0983. The van der Waals surface area contributed by atoms with Gasteiger partial charge in [-0.2, -0.15) is 0 Å². The SMILES string of the molecule is CC/C=C\C/C=C\C/C=C\CCCCCCCCCC(=O)OCC(COP(=O)(O)OCC(O)COP(=O)(O)OCC(COC(=O)CCCCCCCC/C=C\C/C=C\C/C=C\CCCCC)OC(=O)CCCCCCCCCCCCCCCCC)OC(=O)CCCCCCCCCCCCCCC. The summed E-state index contributed by atoms with van der Waals surface area (Å²) >= 11 is 0. The van der Waals surface area contributed by atoms with E-state index in [1.54, 1.807) is 0 Å². The van der Waals surface area contributed by atoms with Gasteiger partial charge >= 0.3 is 39.5 Å². The molecule has 0 spiro atoms. The van der Waals surface area contributed by atoms with E-state index in [-0.39, 0.29) is 25.7 Å². The Morgan fingerprint density at radius 1 is 0.279 bits per heavy atom. The molecule has 5 atom stereocenters. The van der Waals surface area contributed by atoms with E-state index in [1.807, 2.05) is 0 Å². The highest BCUT2D eigenvalue weighted by Crippen LogP contribution is 2.45. The van der Waals surface area contributed by atoms with E-state index in [0.717, 1.165) is 173 Å². The summed E-state index contributed by atoms with van der Waals surface area (Å²) in [6.45, 7) is 4.81. The molecule has 0 aromatic carbocycles. The Morgan fingerprint density at radius 3 is 0.788 bits per heavy atom. The second kappa shape index (κ2) is 77.7. The minimum Gasteiger partial charge on any atom is -0.462 e. The first kappa shape index (κ1) is 100. The molecule has 17 nitrogen and oxygen atoms in total. The first-order valence-corrected chi connectivity index (χ1v) is 45.2. The van der Waals surface area contributed by atoms with Gasteiger partial charge in [0, 0.05) is 25.7 Å². The molecule has 0 rings (SSSR count). The zero-order chi connectivity index (χ0) is 76.0. The van der Waals surface area contributed by atoms with Gasteiger partial charge in [-0.05, 0) is 96.3 Å². The summed E-state index contributed by atoms with van der Waals surface area (Å²) in [5.74, 6) is -2.16. The van der Waals surface area contributed by atoms with E-state index in [1.165, 1.54) is 135 Å². The van der Waals surface area contributed by atoms with E-state index in [2.05, 4.69) is 101 Å². The molecule has 19 heteroatoms. The third-order valence-electron chi connectivity index (χ3n) is 18.2. The molecule has 5 unspecified atom stereocenters. The zero-order valence-electron chi connectivity index (χ0n) is 66.5. The number of phosphoric acid groups is 2. The van der Waals surface area contributed by atoms with Gasteiger partial charge in [0.15, 0.2) is 12.2 Å². The fourth-order valence-electron chi connectivity index (χ4n) is 11.8. The Hall–Kier alpha value is -3.50. The maximum absolute atomic E-state index is 13.1. The highest BCUT2D eigenvalue weighted by Gasteiger charge is 2.30. The molecule has 0 fully saturated rings. The molecule has 0 bridgehead atoms. The molecular formula is C85H154O17P2. The van der Waals surface area contributed by atoms with Crippen molar-refractivity contribution in [3.8, 4) is 0 Å². The lowest BCUT2D eigenvalue weighted by atomic mass is 10.0. The van der Waals surface area contributed by atoms with Gasteiger partial charge in [0.1, 0.15) is 19.3 Å². The van der Waals surface area contributed by atoms with Crippen LogP contribution in [0.4, 0.5) is 0 Å². The molecule has 0 saturated carbocycles. The third-order valence-corrected chi connectivity index (χ3v) is 20.1. The van der Waals surface area contributed by atoms with Crippen molar-refractivity contribution in [2.75, 3.05) is 39.6 Å². The van der Waals surface area contributed by atoms with Gasteiger partial charge in [-0.1, -0.05) is 338 Å². The number of allylic oxidation sites excluding steroid dienone is 12. The number of esters is 4. The third kappa shape index (κ3) is 76.7. The molecular weight excluding hydrogens is 1350 g/mol. The summed E-state index contributed by atoms with van der Waals surface area (Å²) in [6, 6.07) is 0. The van der Waals surface area contributed by atoms with Crippen LogP contribution >= 0.6 is 15.6 Å². The molecule has 0 aliphatic carbocycles. The van der Waals surface area contributed by atoms with E-state index in [9.17, 15) is 43.2 Å². The second-order valence-electron chi connectivity index (χ2n) is 28.4. The number of rotatable bonds is 80. The smallest absolute Gasteiger partial charge is 0.462 e. The van der Waals surface area contributed by atoms with Crippen LogP contribution in [-0.4, -0.2) is 96.7 Å². The van der Waals surface area contributed by atoms with E-state index in [0.29, 0.717) is 25.7 Å². The Bertz CT molecular complexity index is 2250. The van der Waals surface area contributed by atoms with Crippen molar-refractivity contribution in [2.24, 2.45) is 0 Å². The molecule has 0 radical (unpaired) electrons. The summed E-state index contributed by atoms with van der Waals surface area (Å²) in [5, 5.41) is 10.7. The van der Waals surface area contributed by atoms with Gasteiger partial charge in [0.05, 0.1) is 26.4 Å². The van der Waals surface area contributed by atoms with Crippen molar-refractivity contribution < 1.29 is 80.2 Å². The zero-order valence-corrected chi connectivity index (χ0v) is 68.2. The Morgan fingerprint density at radius 2 is 0.500 bits per heavy atom. The van der Waals surface area contributed by atoms with Crippen molar-refractivity contribution in [3.05, 3.63) is 72.9 Å². The van der Waals surface area contributed by atoms with Crippen LogP contribution in [0.5, 0.6) is 0 Å². The van der Waals surface area contributed by atoms with Gasteiger partial charge in [-0.3, -0.25) is 37.3 Å². The standard InChI is InChI=1S/C85H154O17P2/c1-5-9-13-17-21-25-29-33-36-38-39-41-44-47-50-54-58-62-66-70-83(88)96-76-81(102-85(90)72-68-64-60-56-52-48-42-35-31-27-23-19-15-11-7-3)78-100-104(93,94)98-74-79(86)73-97-103(91,92)99-77-80(101-84(89)71-67-63-59-55-51-45-32-28-24-20-16-12-8-4)75-95-82(87)69-65-61-57-53-49-46-43-40-37-34-30-26-22-18-14-10-6-2/h10,14,21-22,25-26,33-34,36-37,39,41,79-81,86H,5-9,11-13,15-20,23-24,27-32,35,38,40,42-78H2,1-4H3,(H,91,92)(H,93,94)/b14-10-,25-21-,26-22-,36-33-,37-34-,41-39-. The normalized spacial score (nSPS) is 14.2. The number of phosphoric ester groups is 2. The maximum atomic E-state index is 13.1. The average molecular weight is 1510 g/mol. The fraction of sp³-hybridized carbons (Fsp3) is 0.812. The van der Waals surface area contributed by atoms with Gasteiger partial charge in [0.25, 0.3) is 0 Å². The van der Waals surface area contributed by atoms with E-state index < -0.39 is 97.5 Å². The van der Waals surface area contributed by atoms with Crippen LogP contribution in [0.15, 0.2) is 72.9 Å². The minimum atomic E-state index is -4.98. The molecule has 606 valence electrons. The average Bonchev–Trinajstić information content (AvgIpc) is 0.918. The molecule has 104 heavy (non-hydrogen) atoms. The van der Waals surface area contributed by atoms with Crippen LogP contribution in [0.2, 0.25) is 0 Å². The molecule has 0 saturated heterocycles. The van der Waals surface area contributed by atoms with Gasteiger partial charge in [-0.25, -0.2) is 9.13 Å². The monoisotopic (exact) mass is 1510 g/mol. The van der Waals surface area contributed by atoms with Crippen molar-refractivity contribution in [1.82, 2.24) is 0 Å². The number of carbonyl (C=O) groups excluding carboxylic acids is 4. The van der Waals surface area contributed by atoms with Crippen LogP contribution in [-0.2, 0) is 65.4 Å². The molecule has 0 aliphatic heterocycles. The molecule has 0 amide bonds. The van der Waals surface area contributed by atoms with Crippen molar-refractivity contribution >= 4 is 39.5 Å². The lowest BCUT2D eigenvalue weighted by molar-refractivity contribution is -0.161. The van der Waals surface area contributed by atoms with Crippen LogP contribution in [0.1, 0.15) is 387 Å². The summed E-state index contributed by atoms with van der Waals surface area (Å²) in [7, 11) is -9.95. The fourth-order valence-corrected chi connectivity index (χ4v) is 13.4. The molecule has 0 heterocycles. The first-order chi connectivity index (χ1) is 50.7. The summed E-state index contributed by atoms with van der Waals surface area (Å²) in [5.41, 5.74) is 0. The highest BCUT2D eigenvalue weighted by molar-refractivity contribution is 7.47. The van der Waals surface area contributed by atoms with Crippen molar-refractivity contribution in [3.63, 3.8) is 0 Å². The lowest BCUT2D eigenvalue weighted by Gasteiger charge is -2.21. The largest absolute Gasteiger partial charge is 0.472 e. The summed E-state index contributed by atoms with van der Waals surface area (Å²) < 4.78 is 68.8. The molecule has 3 N–H and O–H groups in total. The molecule has 0 aromatic heterocycles. The number of carbonyl (C=O) groups is 4. The number of aliphatic hydroxyl groups excluding tert-OH is 1. The highest BCUT2D eigenvalue weighted by atomic mass is 31.2.